The standard InChI is InChI=1S/C34H19NO2/c36-34(21-14-16-35-17-15-21)26-9-2-1-8-22(26)23-12-5-13-30-33(23)29-18-27-24-10-3-6-20-7-4-11-25(32(20)24)28(27)19-31(29)37-30/h1-19H. The quantitative estimate of drug-likeness (QED) is 0.241. The normalized spacial score (nSPS) is 11.9. The summed E-state index contributed by atoms with van der Waals surface area (Å²) in [4.78, 5) is 17.6. The molecule has 3 heteroatoms. The summed E-state index contributed by atoms with van der Waals surface area (Å²) in [5.41, 5.74) is 9.75. The number of nitrogens with zero attached hydrogens (tertiary/aromatic N) is 1. The van der Waals surface area contributed by atoms with Gasteiger partial charge in [0, 0.05) is 34.3 Å². The molecule has 172 valence electrons. The summed E-state index contributed by atoms with van der Waals surface area (Å²) in [6.45, 7) is 0. The lowest BCUT2D eigenvalue weighted by Crippen LogP contribution is -2.03. The van der Waals surface area contributed by atoms with Crippen LogP contribution in [0.5, 0.6) is 0 Å². The SMILES string of the molecule is O=C(c1ccncc1)c1ccccc1-c1cccc2oc3cc4c(cc3c12)-c1cccc2cccc-4c12. The van der Waals surface area contributed by atoms with E-state index in [2.05, 4.69) is 59.6 Å². The molecule has 2 aromatic heterocycles. The zero-order valence-electron chi connectivity index (χ0n) is 19.7. The van der Waals surface area contributed by atoms with Crippen LogP contribution >= 0.6 is 0 Å². The molecule has 0 radical (unpaired) electrons. The maximum atomic E-state index is 13.5. The molecule has 5 aromatic carbocycles. The van der Waals surface area contributed by atoms with Gasteiger partial charge < -0.3 is 4.42 Å². The van der Waals surface area contributed by atoms with Crippen LogP contribution in [0.3, 0.4) is 0 Å². The highest BCUT2D eigenvalue weighted by Gasteiger charge is 2.24. The third-order valence-electron chi connectivity index (χ3n) is 7.52. The minimum absolute atomic E-state index is 0.0224. The van der Waals surface area contributed by atoms with E-state index in [-0.39, 0.29) is 5.78 Å². The van der Waals surface area contributed by atoms with Gasteiger partial charge in [0.05, 0.1) is 0 Å². The minimum atomic E-state index is -0.0224. The van der Waals surface area contributed by atoms with Crippen molar-refractivity contribution in [3.8, 4) is 33.4 Å². The molecule has 0 atom stereocenters. The smallest absolute Gasteiger partial charge is 0.193 e. The van der Waals surface area contributed by atoms with Crippen LogP contribution in [0.25, 0.3) is 66.1 Å². The number of hydrogen-bond acceptors (Lipinski definition) is 3. The summed E-state index contributed by atoms with van der Waals surface area (Å²) in [6.07, 6.45) is 3.30. The van der Waals surface area contributed by atoms with E-state index < -0.39 is 0 Å². The highest BCUT2D eigenvalue weighted by Crippen LogP contribution is 2.50. The van der Waals surface area contributed by atoms with Crippen LogP contribution in [0, 0.1) is 0 Å². The molecule has 0 bridgehead atoms. The van der Waals surface area contributed by atoms with Gasteiger partial charge in [-0.3, -0.25) is 9.78 Å². The van der Waals surface area contributed by atoms with Crippen molar-refractivity contribution in [2.75, 3.05) is 0 Å². The van der Waals surface area contributed by atoms with Gasteiger partial charge in [-0.25, -0.2) is 0 Å². The monoisotopic (exact) mass is 473 g/mol. The lowest BCUT2D eigenvalue weighted by Gasteiger charge is -2.10. The molecule has 8 rings (SSSR count). The lowest BCUT2D eigenvalue weighted by molar-refractivity contribution is 0.103. The maximum absolute atomic E-state index is 13.5. The van der Waals surface area contributed by atoms with Crippen LogP contribution in [-0.2, 0) is 0 Å². The summed E-state index contributed by atoms with van der Waals surface area (Å²) < 4.78 is 6.43. The van der Waals surface area contributed by atoms with E-state index in [1.165, 1.54) is 33.0 Å². The van der Waals surface area contributed by atoms with Gasteiger partial charge in [0.25, 0.3) is 0 Å². The molecular weight excluding hydrogens is 454 g/mol. The second-order valence-electron chi connectivity index (χ2n) is 9.49. The van der Waals surface area contributed by atoms with Crippen molar-refractivity contribution in [1.82, 2.24) is 4.98 Å². The summed E-state index contributed by atoms with van der Waals surface area (Å²) in [7, 11) is 0. The molecule has 37 heavy (non-hydrogen) atoms. The molecule has 7 aromatic rings. The number of aromatic nitrogens is 1. The van der Waals surface area contributed by atoms with Crippen molar-refractivity contribution in [1.29, 1.82) is 0 Å². The first-order chi connectivity index (χ1) is 18.3. The molecule has 0 unspecified atom stereocenters. The fraction of sp³-hybridized carbons (Fsp3) is 0. The summed E-state index contributed by atoms with van der Waals surface area (Å²) in [5.74, 6) is -0.0224. The topological polar surface area (TPSA) is 43.1 Å². The second kappa shape index (κ2) is 7.49. The van der Waals surface area contributed by atoms with Gasteiger partial charge in [0.2, 0.25) is 0 Å². The molecule has 1 aliphatic rings. The number of pyridine rings is 1. The van der Waals surface area contributed by atoms with Gasteiger partial charge >= 0.3 is 0 Å². The summed E-state index contributed by atoms with van der Waals surface area (Å²) in [6, 6.07) is 34.8. The molecule has 0 spiro atoms. The van der Waals surface area contributed by atoms with Crippen molar-refractivity contribution in [3.05, 3.63) is 127 Å². The van der Waals surface area contributed by atoms with E-state index >= 15 is 0 Å². The fourth-order valence-electron chi connectivity index (χ4n) is 5.91. The number of furan rings is 1. The molecule has 2 heterocycles. The third-order valence-corrected chi connectivity index (χ3v) is 7.52. The van der Waals surface area contributed by atoms with Crippen LogP contribution in [-0.4, -0.2) is 10.8 Å². The molecular formula is C34H19NO2. The number of carbonyl (C=O) groups excluding carboxylic acids is 1. The number of benzene rings is 5. The van der Waals surface area contributed by atoms with Crippen molar-refractivity contribution in [2.24, 2.45) is 0 Å². The molecule has 0 saturated carbocycles. The molecule has 0 fully saturated rings. The molecule has 0 N–H and O–H groups in total. The first kappa shape index (κ1) is 20.2. The Bertz CT molecular complexity index is 2050. The van der Waals surface area contributed by atoms with Crippen LogP contribution in [0.1, 0.15) is 15.9 Å². The van der Waals surface area contributed by atoms with E-state index in [0.29, 0.717) is 11.1 Å². The Labute approximate surface area is 212 Å². The average molecular weight is 474 g/mol. The Morgan fingerprint density at radius 1 is 0.568 bits per heavy atom. The van der Waals surface area contributed by atoms with Crippen LogP contribution in [0.4, 0.5) is 0 Å². The Balaban J connectivity index is 1.40. The molecule has 0 saturated heterocycles. The predicted octanol–water partition coefficient (Wildman–Crippen LogP) is 8.68. The maximum Gasteiger partial charge on any atom is 0.193 e. The largest absolute Gasteiger partial charge is 0.456 e. The highest BCUT2D eigenvalue weighted by atomic mass is 16.3. The number of hydrogen-bond donors (Lipinski definition) is 0. The predicted molar refractivity (Wildman–Crippen MR) is 149 cm³/mol. The van der Waals surface area contributed by atoms with Gasteiger partial charge in [-0.05, 0) is 74.5 Å². The second-order valence-corrected chi connectivity index (χ2v) is 9.49. The number of carbonyl (C=O) groups is 1. The van der Waals surface area contributed by atoms with Crippen molar-refractivity contribution < 1.29 is 9.21 Å². The van der Waals surface area contributed by atoms with Crippen LogP contribution < -0.4 is 0 Å². The Morgan fingerprint density at radius 2 is 1.22 bits per heavy atom. The number of ketones is 1. The third kappa shape index (κ3) is 2.82. The summed E-state index contributed by atoms with van der Waals surface area (Å²) in [5, 5.41) is 4.63. The van der Waals surface area contributed by atoms with Gasteiger partial charge in [-0.15, -0.1) is 0 Å². The van der Waals surface area contributed by atoms with Crippen molar-refractivity contribution in [3.63, 3.8) is 0 Å². The zero-order chi connectivity index (χ0) is 24.5. The first-order valence-corrected chi connectivity index (χ1v) is 12.3. The van der Waals surface area contributed by atoms with Crippen molar-refractivity contribution in [2.45, 2.75) is 0 Å². The van der Waals surface area contributed by atoms with Crippen LogP contribution in [0.15, 0.2) is 120 Å². The van der Waals surface area contributed by atoms with Crippen LogP contribution in [0.2, 0.25) is 0 Å². The molecule has 1 aliphatic carbocycles. The molecule has 0 amide bonds. The zero-order valence-corrected chi connectivity index (χ0v) is 19.7. The van der Waals surface area contributed by atoms with Crippen molar-refractivity contribution >= 4 is 38.5 Å². The van der Waals surface area contributed by atoms with Gasteiger partial charge in [0.1, 0.15) is 11.2 Å². The highest BCUT2D eigenvalue weighted by molar-refractivity contribution is 6.22. The Kier molecular flexibility index (Phi) is 4.09. The fourth-order valence-corrected chi connectivity index (χ4v) is 5.91. The Hall–Kier alpha value is -5.02. The van der Waals surface area contributed by atoms with E-state index in [1.807, 2.05) is 36.4 Å². The number of rotatable bonds is 3. The number of fused-ring (bicyclic) bond motifs is 6. The molecule has 0 aliphatic heterocycles. The van der Waals surface area contributed by atoms with Gasteiger partial charge in [0.15, 0.2) is 5.78 Å². The van der Waals surface area contributed by atoms with E-state index in [4.69, 9.17) is 4.42 Å². The first-order valence-electron chi connectivity index (χ1n) is 12.3. The minimum Gasteiger partial charge on any atom is -0.456 e. The average Bonchev–Trinajstić information content (AvgIpc) is 3.48. The van der Waals surface area contributed by atoms with E-state index in [0.717, 1.165) is 33.1 Å². The van der Waals surface area contributed by atoms with Gasteiger partial charge in [-0.1, -0.05) is 72.8 Å². The molecule has 3 nitrogen and oxygen atoms in total. The van der Waals surface area contributed by atoms with E-state index in [1.54, 1.807) is 24.5 Å². The van der Waals surface area contributed by atoms with E-state index in [9.17, 15) is 4.79 Å². The van der Waals surface area contributed by atoms with Gasteiger partial charge in [-0.2, -0.15) is 0 Å². The Morgan fingerprint density at radius 3 is 2.00 bits per heavy atom. The summed E-state index contributed by atoms with van der Waals surface area (Å²) >= 11 is 0. The lowest BCUT2D eigenvalue weighted by atomic mass is 9.91.